The summed E-state index contributed by atoms with van der Waals surface area (Å²) < 4.78 is 1.63. The SMILES string of the molecule is Cn1cnc([N+](=O)[O-])c1N1CCCC1C(=O)N1CCSCC1. The van der Waals surface area contributed by atoms with Crippen LogP contribution in [-0.2, 0) is 11.8 Å². The summed E-state index contributed by atoms with van der Waals surface area (Å²) >= 11 is 1.86. The number of nitrogens with zero attached hydrogens (tertiary/aromatic N) is 5. The van der Waals surface area contributed by atoms with Crippen molar-refractivity contribution in [3.8, 4) is 0 Å². The largest absolute Gasteiger partial charge is 0.406 e. The van der Waals surface area contributed by atoms with Gasteiger partial charge in [-0.1, -0.05) is 0 Å². The van der Waals surface area contributed by atoms with Gasteiger partial charge in [-0.15, -0.1) is 0 Å². The minimum Gasteiger partial charge on any atom is -0.358 e. The van der Waals surface area contributed by atoms with Crippen molar-refractivity contribution in [2.24, 2.45) is 7.05 Å². The van der Waals surface area contributed by atoms with E-state index in [4.69, 9.17) is 0 Å². The van der Waals surface area contributed by atoms with Gasteiger partial charge in [-0.2, -0.15) is 11.8 Å². The topological polar surface area (TPSA) is 84.5 Å². The van der Waals surface area contributed by atoms with Crippen LogP contribution < -0.4 is 4.90 Å². The number of rotatable bonds is 3. The summed E-state index contributed by atoms with van der Waals surface area (Å²) in [5.41, 5.74) is 0. The van der Waals surface area contributed by atoms with Gasteiger partial charge in [-0.25, -0.2) is 0 Å². The highest BCUT2D eigenvalue weighted by Gasteiger charge is 2.39. The second kappa shape index (κ2) is 6.15. The van der Waals surface area contributed by atoms with E-state index < -0.39 is 4.92 Å². The van der Waals surface area contributed by atoms with Gasteiger partial charge >= 0.3 is 5.82 Å². The highest BCUT2D eigenvalue weighted by Crippen LogP contribution is 2.33. The van der Waals surface area contributed by atoms with Crippen LogP contribution in [0.4, 0.5) is 11.6 Å². The van der Waals surface area contributed by atoms with E-state index in [-0.39, 0.29) is 17.8 Å². The molecule has 22 heavy (non-hydrogen) atoms. The quantitative estimate of drug-likeness (QED) is 0.606. The lowest BCUT2D eigenvalue weighted by atomic mass is 10.2. The van der Waals surface area contributed by atoms with Crippen LogP contribution in [0.1, 0.15) is 12.8 Å². The normalized spacial score (nSPS) is 22.1. The predicted molar refractivity (Wildman–Crippen MR) is 84.1 cm³/mol. The summed E-state index contributed by atoms with van der Waals surface area (Å²) in [5, 5.41) is 11.2. The average Bonchev–Trinajstić information content (AvgIpc) is 3.13. The molecular formula is C13H19N5O3S. The molecule has 1 atom stereocenters. The van der Waals surface area contributed by atoms with E-state index in [1.807, 2.05) is 21.6 Å². The smallest absolute Gasteiger partial charge is 0.358 e. The Hall–Kier alpha value is -1.77. The fourth-order valence-electron chi connectivity index (χ4n) is 3.14. The molecule has 1 aromatic heterocycles. The fourth-order valence-corrected chi connectivity index (χ4v) is 4.05. The summed E-state index contributed by atoms with van der Waals surface area (Å²) in [5.74, 6) is 2.28. The lowest BCUT2D eigenvalue weighted by molar-refractivity contribution is -0.388. The van der Waals surface area contributed by atoms with E-state index in [2.05, 4.69) is 4.98 Å². The van der Waals surface area contributed by atoms with Crippen LogP contribution in [0.3, 0.4) is 0 Å². The summed E-state index contributed by atoms with van der Waals surface area (Å²) in [7, 11) is 1.73. The van der Waals surface area contributed by atoms with Gasteiger partial charge in [0.2, 0.25) is 18.1 Å². The Labute approximate surface area is 132 Å². The average molecular weight is 325 g/mol. The molecule has 2 saturated heterocycles. The minimum absolute atomic E-state index is 0.0910. The van der Waals surface area contributed by atoms with Gasteiger partial charge in [-0.05, 0) is 22.7 Å². The van der Waals surface area contributed by atoms with Crippen molar-refractivity contribution in [1.82, 2.24) is 14.5 Å². The van der Waals surface area contributed by atoms with Crippen LogP contribution in [0.15, 0.2) is 6.33 Å². The minimum atomic E-state index is -0.479. The van der Waals surface area contributed by atoms with Gasteiger partial charge in [0.1, 0.15) is 6.04 Å². The third-order valence-corrected chi connectivity index (χ3v) is 5.14. The Kier molecular flexibility index (Phi) is 4.23. The molecule has 0 spiro atoms. The Bertz CT molecular complexity index is 584. The van der Waals surface area contributed by atoms with E-state index in [1.54, 1.807) is 11.6 Å². The van der Waals surface area contributed by atoms with Gasteiger partial charge in [0, 0.05) is 38.2 Å². The molecule has 0 aromatic carbocycles. The summed E-state index contributed by atoms with van der Waals surface area (Å²) in [4.78, 5) is 31.1. The maximum atomic E-state index is 12.8. The first kappa shape index (κ1) is 15.1. The van der Waals surface area contributed by atoms with E-state index in [9.17, 15) is 14.9 Å². The van der Waals surface area contributed by atoms with Gasteiger partial charge < -0.3 is 19.9 Å². The van der Waals surface area contributed by atoms with Crippen LogP contribution in [-0.4, -0.2) is 62.5 Å². The zero-order chi connectivity index (χ0) is 15.7. The maximum Gasteiger partial charge on any atom is 0.406 e. The first-order valence-corrected chi connectivity index (χ1v) is 8.54. The Morgan fingerprint density at radius 1 is 1.41 bits per heavy atom. The molecular weight excluding hydrogens is 306 g/mol. The molecule has 0 radical (unpaired) electrons. The van der Waals surface area contributed by atoms with Crippen LogP contribution in [0.25, 0.3) is 0 Å². The van der Waals surface area contributed by atoms with Crippen molar-refractivity contribution in [3.63, 3.8) is 0 Å². The number of thioether (sulfide) groups is 1. The van der Waals surface area contributed by atoms with E-state index in [1.165, 1.54) is 6.33 Å². The number of imidazole rings is 1. The molecule has 1 amide bonds. The lowest BCUT2D eigenvalue weighted by Crippen LogP contribution is -2.49. The number of carbonyl (C=O) groups excluding carboxylic acids is 1. The molecule has 0 N–H and O–H groups in total. The predicted octanol–water partition coefficient (Wildman–Crippen LogP) is 0.872. The van der Waals surface area contributed by atoms with E-state index in [0.29, 0.717) is 12.4 Å². The molecule has 9 heteroatoms. The Balaban J connectivity index is 1.85. The van der Waals surface area contributed by atoms with Crippen molar-refractivity contribution in [2.45, 2.75) is 18.9 Å². The number of anilines is 1. The van der Waals surface area contributed by atoms with Crippen molar-refractivity contribution < 1.29 is 9.72 Å². The Morgan fingerprint density at radius 3 is 2.82 bits per heavy atom. The fraction of sp³-hybridized carbons (Fsp3) is 0.692. The van der Waals surface area contributed by atoms with Gasteiger partial charge in [0.25, 0.3) is 0 Å². The number of aromatic nitrogens is 2. The van der Waals surface area contributed by atoms with Crippen LogP contribution in [0.5, 0.6) is 0 Å². The number of aryl methyl sites for hydroxylation is 1. The number of amides is 1. The zero-order valence-electron chi connectivity index (χ0n) is 12.5. The van der Waals surface area contributed by atoms with Crippen molar-refractivity contribution in [1.29, 1.82) is 0 Å². The van der Waals surface area contributed by atoms with Crippen molar-refractivity contribution in [3.05, 3.63) is 16.4 Å². The molecule has 8 nitrogen and oxygen atoms in total. The molecule has 0 bridgehead atoms. The summed E-state index contributed by atoms with van der Waals surface area (Å²) in [6.45, 7) is 2.18. The highest BCUT2D eigenvalue weighted by molar-refractivity contribution is 7.99. The molecule has 2 aliphatic heterocycles. The number of hydrogen-bond donors (Lipinski definition) is 0. The van der Waals surface area contributed by atoms with Crippen LogP contribution in [0, 0.1) is 10.1 Å². The van der Waals surface area contributed by atoms with Crippen molar-refractivity contribution >= 4 is 29.3 Å². The van der Waals surface area contributed by atoms with Gasteiger partial charge in [0.15, 0.2) is 0 Å². The number of carbonyl (C=O) groups is 1. The molecule has 2 fully saturated rings. The summed E-state index contributed by atoms with van der Waals surface area (Å²) in [6.07, 6.45) is 3.04. The third kappa shape index (κ3) is 2.65. The third-order valence-electron chi connectivity index (χ3n) is 4.19. The van der Waals surface area contributed by atoms with E-state index >= 15 is 0 Å². The monoisotopic (exact) mass is 325 g/mol. The first-order valence-electron chi connectivity index (χ1n) is 7.38. The maximum absolute atomic E-state index is 12.8. The molecule has 0 saturated carbocycles. The lowest BCUT2D eigenvalue weighted by Gasteiger charge is -2.32. The van der Waals surface area contributed by atoms with Gasteiger partial charge in [0.05, 0.1) is 0 Å². The van der Waals surface area contributed by atoms with Crippen LogP contribution >= 0.6 is 11.8 Å². The molecule has 2 aliphatic rings. The van der Waals surface area contributed by atoms with Crippen molar-refractivity contribution in [2.75, 3.05) is 36.0 Å². The summed E-state index contributed by atoms with van der Waals surface area (Å²) in [6, 6.07) is -0.308. The second-order valence-corrected chi connectivity index (χ2v) is 6.77. The zero-order valence-corrected chi connectivity index (χ0v) is 13.3. The molecule has 3 heterocycles. The Morgan fingerprint density at radius 2 is 2.14 bits per heavy atom. The molecule has 1 unspecified atom stereocenters. The molecule has 1 aromatic rings. The first-order chi connectivity index (χ1) is 10.6. The van der Waals surface area contributed by atoms with E-state index in [0.717, 1.165) is 37.4 Å². The number of hydrogen-bond acceptors (Lipinski definition) is 6. The standard InChI is InChI=1S/C13H19N5O3S/c1-15-9-14-11(18(20)21)12(15)17-4-2-3-10(17)13(19)16-5-7-22-8-6-16/h9-10H,2-8H2,1H3. The van der Waals surface area contributed by atoms with Gasteiger partial charge in [-0.3, -0.25) is 9.36 Å². The number of nitro groups is 1. The molecule has 120 valence electrons. The van der Waals surface area contributed by atoms with Crippen LogP contribution in [0.2, 0.25) is 0 Å². The highest BCUT2D eigenvalue weighted by atomic mass is 32.2. The molecule has 0 aliphatic carbocycles. The molecule has 3 rings (SSSR count). The second-order valence-electron chi connectivity index (χ2n) is 5.55.